The average Bonchev–Trinajstić information content (AvgIpc) is 3.14. The van der Waals surface area contributed by atoms with Gasteiger partial charge >= 0.3 is 0 Å². The lowest BCUT2D eigenvalue weighted by molar-refractivity contribution is 0.504. The van der Waals surface area contributed by atoms with Gasteiger partial charge in [-0.15, -0.1) is 0 Å². The Balaban J connectivity index is 1.85. The van der Waals surface area contributed by atoms with E-state index in [4.69, 9.17) is 4.42 Å². The molecule has 0 amide bonds. The second-order valence-electron chi connectivity index (χ2n) is 6.36. The number of nitrogens with one attached hydrogen (secondary N) is 1. The Hall–Kier alpha value is -1.28. The van der Waals surface area contributed by atoms with Crippen LogP contribution in [0.1, 0.15) is 51.4 Å². The molecule has 2 aromatic rings. The van der Waals surface area contributed by atoms with E-state index in [1.54, 1.807) is 0 Å². The van der Waals surface area contributed by atoms with Crippen molar-refractivity contribution < 1.29 is 4.42 Å². The molecule has 102 valence electrons. The Labute approximate surface area is 115 Å². The molecule has 0 unspecified atom stereocenters. The van der Waals surface area contributed by atoms with Gasteiger partial charge in [0.2, 0.25) is 0 Å². The molecule has 0 saturated heterocycles. The second kappa shape index (κ2) is 4.68. The van der Waals surface area contributed by atoms with Gasteiger partial charge in [0.25, 0.3) is 0 Å². The lowest BCUT2D eigenvalue weighted by Crippen LogP contribution is -2.14. The molecule has 0 spiro atoms. The fourth-order valence-electron chi connectivity index (χ4n) is 2.34. The van der Waals surface area contributed by atoms with E-state index in [0.717, 1.165) is 30.4 Å². The molecule has 1 N–H and O–H groups in total. The predicted octanol–water partition coefficient (Wildman–Crippen LogP) is 4.37. The molecular formula is C17H23NO. The van der Waals surface area contributed by atoms with Crippen LogP contribution in [0.15, 0.2) is 28.7 Å². The normalized spacial score (nSPS) is 16.2. The highest BCUT2D eigenvalue weighted by Crippen LogP contribution is 2.30. The Morgan fingerprint density at radius 2 is 2.05 bits per heavy atom. The second-order valence-corrected chi connectivity index (χ2v) is 6.36. The Morgan fingerprint density at radius 3 is 2.74 bits per heavy atom. The van der Waals surface area contributed by atoms with Crippen LogP contribution in [0.4, 0.5) is 0 Å². The van der Waals surface area contributed by atoms with Gasteiger partial charge in [-0.05, 0) is 48.4 Å². The summed E-state index contributed by atoms with van der Waals surface area (Å²) >= 11 is 0. The number of fused-ring (bicyclic) bond motifs is 1. The van der Waals surface area contributed by atoms with E-state index in [-0.39, 0.29) is 5.41 Å². The van der Waals surface area contributed by atoms with Gasteiger partial charge in [-0.3, -0.25) is 0 Å². The zero-order chi connectivity index (χ0) is 13.5. The number of furan rings is 1. The first-order chi connectivity index (χ1) is 9.08. The summed E-state index contributed by atoms with van der Waals surface area (Å²) in [6.07, 6.45) is 3.77. The van der Waals surface area contributed by atoms with Crippen molar-refractivity contribution >= 4 is 11.0 Å². The summed E-state index contributed by atoms with van der Waals surface area (Å²) in [6.45, 7) is 7.68. The van der Waals surface area contributed by atoms with Gasteiger partial charge < -0.3 is 9.73 Å². The molecule has 2 nitrogen and oxygen atoms in total. The standard InChI is InChI=1S/C17H23NO/c1-4-17(2,3)13-5-8-16-12(9-13)10-15(19-16)11-18-14-6-7-14/h5,8-10,14,18H,4,6-7,11H2,1-3H3. The summed E-state index contributed by atoms with van der Waals surface area (Å²) in [5, 5.41) is 4.72. The van der Waals surface area contributed by atoms with Gasteiger partial charge in [-0.1, -0.05) is 26.8 Å². The zero-order valence-electron chi connectivity index (χ0n) is 12.1. The Bertz CT molecular complexity index is 578. The molecule has 1 saturated carbocycles. The monoisotopic (exact) mass is 257 g/mol. The smallest absolute Gasteiger partial charge is 0.134 e. The molecular weight excluding hydrogens is 234 g/mol. The maximum atomic E-state index is 5.89. The molecule has 1 aromatic carbocycles. The molecule has 3 rings (SSSR count). The largest absolute Gasteiger partial charge is 0.460 e. The average molecular weight is 257 g/mol. The fraction of sp³-hybridized carbons (Fsp3) is 0.529. The Morgan fingerprint density at radius 1 is 1.26 bits per heavy atom. The van der Waals surface area contributed by atoms with Crippen molar-refractivity contribution in [1.29, 1.82) is 0 Å². The van der Waals surface area contributed by atoms with E-state index in [1.807, 2.05) is 0 Å². The third kappa shape index (κ3) is 2.69. The van der Waals surface area contributed by atoms with Crippen molar-refractivity contribution in [2.24, 2.45) is 0 Å². The van der Waals surface area contributed by atoms with Crippen molar-refractivity contribution in [3.63, 3.8) is 0 Å². The molecule has 0 bridgehead atoms. The topological polar surface area (TPSA) is 25.2 Å². The van der Waals surface area contributed by atoms with Crippen LogP contribution in [-0.4, -0.2) is 6.04 Å². The highest BCUT2D eigenvalue weighted by molar-refractivity contribution is 5.79. The number of hydrogen-bond donors (Lipinski definition) is 1. The highest BCUT2D eigenvalue weighted by atomic mass is 16.3. The summed E-state index contributed by atoms with van der Waals surface area (Å²) < 4.78 is 5.89. The van der Waals surface area contributed by atoms with Crippen molar-refractivity contribution in [3.05, 3.63) is 35.6 Å². The van der Waals surface area contributed by atoms with Gasteiger partial charge in [0, 0.05) is 11.4 Å². The summed E-state index contributed by atoms with van der Waals surface area (Å²) in [4.78, 5) is 0. The van der Waals surface area contributed by atoms with Crippen LogP contribution >= 0.6 is 0 Å². The molecule has 1 fully saturated rings. The van der Waals surface area contributed by atoms with Gasteiger partial charge in [-0.25, -0.2) is 0 Å². The lowest BCUT2D eigenvalue weighted by atomic mass is 9.82. The molecule has 19 heavy (non-hydrogen) atoms. The minimum absolute atomic E-state index is 0.234. The van der Waals surface area contributed by atoms with Crippen molar-refractivity contribution in [1.82, 2.24) is 5.32 Å². The van der Waals surface area contributed by atoms with E-state index < -0.39 is 0 Å². The third-order valence-electron chi connectivity index (χ3n) is 4.38. The number of rotatable bonds is 5. The van der Waals surface area contributed by atoms with Crippen LogP contribution in [0, 0.1) is 0 Å². The molecule has 1 heterocycles. The molecule has 2 heteroatoms. The van der Waals surface area contributed by atoms with Gasteiger partial charge in [0.1, 0.15) is 11.3 Å². The number of hydrogen-bond acceptors (Lipinski definition) is 2. The predicted molar refractivity (Wildman–Crippen MR) is 79.4 cm³/mol. The summed E-state index contributed by atoms with van der Waals surface area (Å²) in [5.41, 5.74) is 2.63. The number of benzene rings is 1. The first kappa shape index (κ1) is 12.7. The van der Waals surface area contributed by atoms with Crippen LogP contribution in [0.25, 0.3) is 11.0 Å². The van der Waals surface area contributed by atoms with E-state index >= 15 is 0 Å². The van der Waals surface area contributed by atoms with Crippen molar-refractivity contribution in [2.45, 2.75) is 58.0 Å². The van der Waals surface area contributed by atoms with E-state index in [1.165, 1.54) is 23.8 Å². The van der Waals surface area contributed by atoms with Crippen LogP contribution < -0.4 is 5.32 Å². The quantitative estimate of drug-likeness (QED) is 0.860. The van der Waals surface area contributed by atoms with E-state index in [2.05, 4.69) is 50.4 Å². The summed E-state index contributed by atoms with van der Waals surface area (Å²) in [6, 6.07) is 9.50. The van der Waals surface area contributed by atoms with E-state index in [0.29, 0.717) is 0 Å². The first-order valence-electron chi connectivity index (χ1n) is 7.35. The minimum Gasteiger partial charge on any atom is -0.460 e. The first-order valence-corrected chi connectivity index (χ1v) is 7.35. The van der Waals surface area contributed by atoms with Crippen molar-refractivity contribution in [2.75, 3.05) is 0 Å². The lowest BCUT2D eigenvalue weighted by Gasteiger charge is -2.23. The molecule has 1 aliphatic rings. The summed E-state index contributed by atoms with van der Waals surface area (Å²) in [7, 11) is 0. The van der Waals surface area contributed by atoms with Gasteiger partial charge in [-0.2, -0.15) is 0 Å². The van der Waals surface area contributed by atoms with Crippen LogP contribution in [-0.2, 0) is 12.0 Å². The Kier molecular flexibility index (Phi) is 3.14. The molecule has 0 radical (unpaired) electrons. The van der Waals surface area contributed by atoms with Crippen LogP contribution in [0.2, 0.25) is 0 Å². The molecule has 0 aliphatic heterocycles. The zero-order valence-corrected chi connectivity index (χ0v) is 12.1. The van der Waals surface area contributed by atoms with Gasteiger partial charge in [0.15, 0.2) is 0 Å². The fourth-order valence-corrected chi connectivity index (χ4v) is 2.34. The molecule has 0 atom stereocenters. The van der Waals surface area contributed by atoms with Crippen LogP contribution in [0.3, 0.4) is 0 Å². The van der Waals surface area contributed by atoms with Crippen molar-refractivity contribution in [3.8, 4) is 0 Å². The molecule has 1 aromatic heterocycles. The van der Waals surface area contributed by atoms with Gasteiger partial charge in [0.05, 0.1) is 6.54 Å². The van der Waals surface area contributed by atoms with Crippen LogP contribution in [0.5, 0.6) is 0 Å². The maximum absolute atomic E-state index is 5.89. The SMILES string of the molecule is CCC(C)(C)c1ccc2oc(CNC3CC3)cc2c1. The van der Waals surface area contributed by atoms with E-state index in [9.17, 15) is 0 Å². The molecule has 1 aliphatic carbocycles. The minimum atomic E-state index is 0.234. The highest BCUT2D eigenvalue weighted by Gasteiger charge is 2.21. The summed E-state index contributed by atoms with van der Waals surface area (Å²) in [5.74, 6) is 1.05. The third-order valence-corrected chi connectivity index (χ3v) is 4.38. The maximum Gasteiger partial charge on any atom is 0.134 e.